The molecule has 5 heteroatoms. The van der Waals surface area contributed by atoms with Gasteiger partial charge in [0.25, 0.3) is 0 Å². The Labute approximate surface area is 152 Å². The van der Waals surface area contributed by atoms with Crippen molar-refractivity contribution in [2.24, 2.45) is 0 Å². The molecule has 1 aromatic heterocycles. The number of aromatic nitrogens is 1. The predicted molar refractivity (Wildman–Crippen MR) is 104 cm³/mol. The number of thiazole rings is 1. The first-order valence-electron chi connectivity index (χ1n) is 8.46. The molecule has 1 heterocycles. The highest BCUT2D eigenvalue weighted by Crippen LogP contribution is 2.26. The molecule has 0 saturated carbocycles. The third-order valence-corrected chi connectivity index (χ3v) is 5.31. The average molecular weight is 353 g/mol. The van der Waals surface area contributed by atoms with E-state index in [0.29, 0.717) is 13.1 Å². The maximum atomic E-state index is 12.2. The monoisotopic (exact) mass is 353 g/mol. The molecule has 130 valence electrons. The number of carbonyl (C=O) groups excluding carboxylic acids is 1. The molecular weight excluding hydrogens is 330 g/mol. The van der Waals surface area contributed by atoms with Crippen LogP contribution in [-0.2, 0) is 11.3 Å². The van der Waals surface area contributed by atoms with E-state index in [1.54, 1.807) is 11.3 Å². The number of amides is 1. The number of benzene rings is 2. The Morgan fingerprint density at radius 1 is 1.16 bits per heavy atom. The van der Waals surface area contributed by atoms with Gasteiger partial charge in [-0.2, -0.15) is 0 Å². The largest absolute Gasteiger partial charge is 0.354 e. The lowest BCUT2D eigenvalue weighted by Crippen LogP contribution is -2.36. The number of fused-ring (bicyclic) bond motifs is 1. The Bertz CT molecular complexity index is 798. The van der Waals surface area contributed by atoms with Gasteiger partial charge in [0.1, 0.15) is 0 Å². The van der Waals surface area contributed by atoms with E-state index >= 15 is 0 Å². The van der Waals surface area contributed by atoms with E-state index in [0.717, 1.165) is 17.1 Å². The number of hydrogen-bond acceptors (Lipinski definition) is 4. The number of carbonyl (C=O) groups is 1. The highest BCUT2D eigenvalue weighted by atomic mass is 32.1. The summed E-state index contributed by atoms with van der Waals surface area (Å²) in [5.41, 5.74) is 2.24. The van der Waals surface area contributed by atoms with Crippen LogP contribution in [0.15, 0.2) is 54.6 Å². The molecule has 1 amide bonds. The molecule has 0 saturated heterocycles. The van der Waals surface area contributed by atoms with E-state index in [2.05, 4.69) is 35.4 Å². The van der Waals surface area contributed by atoms with Gasteiger partial charge in [-0.15, -0.1) is 11.3 Å². The third-order valence-electron chi connectivity index (χ3n) is 4.05. The van der Waals surface area contributed by atoms with Crippen LogP contribution in [0.25, 0.3) is 10.2 Å². The van der Waals surface area contributed by atoms with Gasteiger partial charge in [-0.05, 0) is 24.7 Å². The van der Waals surface area contributed by atoms with E-state index in [9.17, 15) is 4.79 Å². The maximum absolute atomic E-state index is 12.2. The molecule has 2 aromatic carbocycles. The molecule has 0 spiro atoms. The first kappa shape index (κ1) is 17.6. The van der Waals surface area contributed by atoms with Crippen molar-refractivity contribution >= 4 is 27.5 Å². The zero-order chi connectivity index (χ0) is 17.6. The zero-order valence-corrected chi connectivity index (χ0v) is 15.4. The Morgan fingerprint density at radius 3 is 2.64 bits per heavy atom. The van der Waals surface area contributed by atoms with E-state index < -0.39 is 0 Å². The van der Waals surface area contributed by atoms with Gasteiger partial charge in [0.15, 0.2) is 0 Å². The number of para-hydroxylation sites is 1. The lowest BCUT2D eigenvalue weighted by Gasteiger charge is -2.17. The van der Waals surface area contributed by atoms with E-state index in [-0.39, 0.29) is 11.8 Å². The Kier molecular flexibility index (Phi) is 5.79. The van der Waals surface area contributed by atoms with Crippen molar-refractivity contribution < 1.29 is 4.79 Å². The average Bonchev–Trinajstić information content (AvgIpc) is 3.04. The van der Waals surface area contributed by atoms with Gasteiger partial charge in [-0.3, -0.25) is 9.69 Å². The molecule has 1 atom stereocenters. The number of nitrogens with zero attached hydrogens (tertiary/aromatic N) is 2. The quantitative estimate of drug-likeness (QED) is 0.705. The van der Waals surface area contributed by atoms with Crippen molar-refractivity contribution in [3.8, 4) is 0 Å². The van der Waals surface area contributed by atoms with Crippen molar-refractivity contribution in [1.29, 1.82) is 0 Å². The SMILES string of the molecule is CC(CNC(=O)CN(C)Cc1ccccc1)c1nc2ccccc2s1. The Morgan fingerprint density at radius 2 is 1.88 bits per heavy atom. The molecule has 0 aliphatic heterocycles. The van der Waals surface area contributed by atoms with Crippen molar-refractivity contribution in [3.05, 3.63) is 65.2 Å². The van der Waals surface area contributed by atoms with Crippen molar-refractivity contribution in [2.75, 3.05) is 20.1 Å². The van der Waals surface area contributed by atoms with Crippen molar-refractivity contribution in [2.45, 2.75) is 19.4 Å². The second-order valence-electron chi connectivity index (χ2n) is 6.38. The van der Waals surface area contributed by atoms with E-state index in [1.165, 1.54) is 10.3 Å². The first-order chi connectivity index (χ1) is 12.1. The summed E-state index contributed by atoms with van der Waals surface area (Å²) in [6.07, 6.45) is 0. The summed E-state index contributed by atoms with van der Waals surface area (Å²) in [6.45, 7) is 3.87. The minimum absolute atomic E-state index is 0.0476. The topological polar surface area (TPSA) is 45.2 Å². The summed E-state index contributed by atoms with van der Waals surface area (Å²) >= 11 is 1.70. The highest BCUT2D eigenvalue weighted by Gasteiger charge is 2.13. The van der Waals surface area contributed by atoms with Crippen LogP contribution >= 0.6 is 11.3 Å². The van der Waals surface area contributed by atoms with E-state index in [1.807, 2.05) is 48.3 Å². The van der Waals surface area contributed by atoms with Crippen LogP contribution in [0.1, 0.15) is 23.4 Å². The Hall–Kier alpha value is -2.24. The number of nitrogens with one attached hydrogen (secondary N) is 1. The van der Waals surface area contributed by atoms with Crippen LogP contribution in [0.2, 0.25) is 0 Å². The standard InChI is InChI=1S/C20H23N3OS/c1-15(20-22-17-10-6-7-11-18(17)25-20)12-21-19(24)14-23(2)13-16-8-4-3-5-9-16/h3-11,15H,12-14H2,1-2H3,(H,21,24). The summed E-state index contributed by atoms with van der Waals surface area (Å²) in [6, 6.07) is 18.3. The number of likely N-dealkylation sites (N-methyl/N-ethyl adjacent to an activating group) is 1. The summed E-state index contributed by atoms with van der Waals surface area (Å²) in [4.78, 5) is 18.9. The van der Waals surface area contributed by atoms with Gasteiger partial charge in [0.2, 0.25) is 5.91 Å². The fourth-order valence-electron chi connectivity index (χ4n) is 2.71. The fourth-order valence-corrected chi connectivity index (χ4v) is 3.73. The smallest absolute Gasteiger partial charge is 0.234 e. The Balaban J connectivity index is 1.48. The summed E-state index contributed by atoms with van der Waals surface area (Å²) < 4.78 is 1.19. The van der Waals surface area contributed by atoms with E-state index in [4.69, 9.17) is 0 Å². The minimum Gasteiger partial charge on any atom is -0.354 e. The van der Waals surface area contributed by atoms with Crippen LogP contribution in [0, 0.1) is 0 Å². The maximum Gasteiger partial charge on any atom is 0.234 e. The molecule has 3 aromatic rings. The van der Waals surface area contributed by atoms with Gasteiger partial charge < -0.3 is 5.32 Å². The van der Waals surface area contributed by atoms with Gasteiger partial charge in [-0.1, -0.05) is 49.4 Å². The number of rotatable bonds is 7. The molecule has 0 aliphatic carbocycles. The lowest BCUT2D eigenvalue weighted by atomic mass is 10.2. The fraction of sp³-hybridized carbons (Fsp3) is 0.300. The normalized spacial score (nSPS) is 12.4. The third kappa shape index (κ3) is 4.87. The van der Waals surface area contributed by atoms with Gasteiger partial charge >= 0.3 is 0 Å². The van der Waals surface area contributed by atoms with Crippen LogP contribution < -0.4 is 5.32 Å². The molecule has 4 nitrogen and oxygen atoms in total. The minimum atomic E-state index is 0.0476. The van der Waals surface area contributed by atoms with Crippen LogP contribution in [0.3, 0.4) is 0 Å². The molecule has 1 unspecified atom stereocenters. The molecule has 25 heavy (non-hydrogen) atoms. The summed E-state index contributed by atoms with van der Waals surface area (Å²) in [5, 5.41) is 4.10. The molecular formula is C20H23N3OS. The molecule has 3 rings (SSSR count). The predicted octanol–water partition coefficient (Wildman–Crippen LogP) is 3.65. The van der Waals surface area contributed by atoms with Gasteiger partial charge in [0.05, 0.1) is 21.8 Å². The second-order valence-corrected chi connectivity index (χ2v) is 7.45. The zero-order valence-electron chi connectivity index (χ0n) is 14.6. The van der Waals surface area contributed by atoms with Gasteiger partial charge in [-0.25, -0.2) is 4.98 Å². The van der Waals surface area contributed by atoms with Crippen LogP contribution in [-0.4, -0.2) is 35.9 Å². The highest BCUT2D eigenvalue weighted by molar-refractivity contribution is 7.18. The van der Waals surface area contributed by atoms with Crippen LogP contribution in [0.4, 0.5) is 0 Å². The molecule has 0 radical (unpaired) electrons. The second kappa shape index (κ2) is 8.23. The summed E-state index contributed by atoms with van der Waals surface area (Å²) in [5.74, 6) is 0.257. The summed E-state index contributed by atoms with van der Waals surface area (Å²) in [7, 11) is 1.96. The number of hydrogen-bond donors (Lipinski definition) is 1. The van der Waals surface area contributed by atoms with Crippen molar-refractivity contribution in [1.82, 2.24) is 15.2 Å². The first-order valence-corrected chi connectivity index (χ1v) is 9.28. The molecule has 0 bridgehead atoms. The molecule has 1 N–H and O–H groups in total. The van der Waals surface area contributed by atoms with Crippen molar-refractivity contribution in [3.63, 3.8) is 0 Å². The van der Waals surface area contributed by atoms with Crippen LogP contribution in [0.5, 0.6) is 0 Å². The lowest BCUT2D eigenvalue weighted by molar-refractivity contribution is -0.122. The molecule has 0 fully saturated rings. The molecule has 0 aliphatic rings. The van der Waals surface area contributed by atoms with Gasteiger partial charge in [0, 0.05) is 19.0 Å².